The third-order valence-electron chi connectivity index (χ3n) is 3.19. The second-order valence-electron chi connectivity index (χ2n) is 4.49. The van der Waals surface area contributed by atoms with E-state index in [0.717, 1.165) is 5.56 Å². The molecule has 2 aromatic carbocycles. The van der Waals surface area contributed by atoms with Gasteiger partial charge in [-0.1, -0.05) is 44.2 Å². The van der Waals surface area contributed by atoms with Gasteiger partial charge in [-0.2, -0.15) is 0 Å². The fourth-order valence-electron chi connectivity index (χ4n) is 2.22. The van der Waals surface area contributed by atoms with Gasteiger partial charge in [-0.25, -0.2) is 0 Å². The first-order chi connectivity index (χ1) is 11.1. The van der Waals surface area contributed by atoms with Crippen molar-refractivity contribution in [3.8, 4) is 28.6 Å². The van der Waals surface area contributed by atoms with Crippen molar-refractivity contribution < 1.29 is 19.4 Å². The van der Waals surface area contributed by atoms with Crippen molar-refractivity contribution in [1.29, 1.82) is 0 Å². The van der Waals surface area contributed by atoms with Crippen LogP contribution >= 0.6 is 0 Å². The Kier molecular flexibility index (Phi) is 4.91. The molecule has 5 heteroatoms. The monoisotopic (exact) mass is 314 g/mol. The van der Waals surface area contributed by atoms with E-state index in [1.54, 1.807) is 12.1 Å². The Bertz CT molecular complexity index is 866. The normalized spacial score (nSPS) is 10.0. The number of fused-ring (bicyclic) bond motifs is 1. The van der Waals surface area contributed by atoms with Crippen LogP contribution < -0.4 is 10.2 Å². The molecule has 0 amide bonds. The molecule has 5 nitrogen and oxygen atoms in total. The van der Waals surface area contributed by atoms with E-state index >= 15 is 0 Å². The van der Waals surface area contributed by atoms with Gasteiger partial charge >= 0.3 is 0 Å². The highest BCUT2D eigenvalue weighted by molar-refractivity contribution is 5.89. The second kappa shape index (κ2) is 6.87. The van der Waals surface area contributed by atoms with Crippen LogP contribution in [-0.4, -0.2) is 17.3 Å². The van der Waals surface area contributed by atoms with Gasteiger partial charge in [0.1, 0.15) is 16.7 Å². The standard InChI is InChI=1S/C16H12O5.C2H6/c1-20-16-11(18)8-13-14(15(16)19)10(17)7-12(21-13)9-5-3-2-4-6-9;1-2/h2-8,18-19H,1H3;1-2H3. The van der Waals surface area contributed by atoms with E-state index in [2.05, 4.69) is 0 Å². The van der Waals surface area contributed by atoms with Crippen molar-refractivity contribution in [2.75, 3.05) is 7.11 Å². The number of benzene rings is 2. The predicted molar refractivity (Wildman–Crippen MR) is 89.1 cm³/mol. The molecule has 1 aromatic heterocycles. The van der Waals surface area contributed by atoms with Crippen LogP contribution in [0.1, 0.15) is 13.8 Å². The fraction of sp³-hybridized carbons (Fsp3) is 0.167. The first-order valence-corrected chi connectivity index (χ1v) is 7.24. The van der Waals surface area contributed by atoms with E-state index in [1.165, 1.54) is 19.2 Å². The smallest absolute Gasteiger partial charge is 0.203 e. The van der Waals surface area contributed by atoms with Crippen molar-refractivity contribution in [1.82, 2.24) is 0 Å². The molecule has 0 saturated heterocycles. The minimum absolute atomic E-state index is 0.0238. The Labute approximate surface area is 133 Å². The van der Waals surface area contributed by atoms with Crippen LogP contribution in [0.2, 0.25) is 0 Å². The summed E-state index contributed by atoms with van der Waals surface area (Å²) in [6, 6.07) is 11.6. The summed E-state index contributed by atoms with van der Waals surface area (Å²) >= 11 is 0. The van der Waals surface area contributed by atoms with Crippen LogP contribution in [0.3, 0.4) is 0 Å². The number of hydrogen-bond acceptors (Lipinski definition) is 5. The number of phenolic OH excluding ortho intramolecular Hbond substituents is 2. The third-order valence-corrected chi connectivity index (χ3v) is 3.19. The zero-order valence-corrected chi connectivity index (χ0v) is 13.2. The van der Waals surface area contributed by atoms with Gasteiger partial charge in [-0.3, -0.25) is 4.79 Å². The van der Waals surface area contributed by atoms with Crippen molar-refractivity contribution in [3.63, 3.8) is 0 Å². The molecule has 0 bridgehead atoms. The van der Waals surface area contributed by atoms with E-state index in [4.69, 9.17) is 9.15 Å². The van der Waals surface area contributed by atoms with Gasteiger partial charge in [0, 0.05) is 17.7 Å². The van der Waals surface area contributed by atoms with E-state index < -0.39 is 11.2 Å². The van der Waals surface area contributed by atoms with Gasteiger partial charge in [-0.15, -0.1) is 0 Å². The fourth-order valence-corrected chi connectivity index (χ4v) is 2.22. The number of methoxy groups -OCH3 is 1. The molecule has 0 aliphatic rings. The molecule has 0 radical (unpaired) electrons. The maximum Gasteiger partial charge on any atom is 0.203 e. The topological polar surface area (TPSA) is 79.9 Å². The predicted octanol–water partition coefficient (Wildman–Crippen LogP) is 3.91. The maximum absolute atomic E-state index is 12.2. The molecule has 120 valence electrons. The summed E-state index contributed by atoms with van der Waals surface area (Å²) in [4.78, 5) is 12.2. The Morgan fingerprint density at radius 3 is 2.30 bits per heavy atom. The lowest BCUT2D eigenvalue weighted by atomic mass is 10.1. The largest absolute Gasteiger partial charge is 0.504 e. The van der Waals surface area contributed by atoms with Gasteiger partial charge in [0.2, 0.25) is 5.75 Å². The van der Waals surface area contributed by atoms with Crippen molar-refractivity contribution in [3.05, 3.63) is 52.7 Å². The average molecular weight is 314 g/mol. The molecular formula is C18H18O5. The minimum Gasteiger partial charge on any atom is -0.504 e. The van der Waals surface area contributed by atoms with Crippen molar-refractivity contribution in [2.24, 2.45) is 0 Å². The van der Waals surface area contributed by atoms with Gasteiger partial charge in [-0.05, 0) is 0 Å². The van der Waals surface area contributed by atoms with Gasteiger partial charge in [0.05, 0.1) is 7.11 Å². The van der Waals surface area contributed by atoms with Crippen LogP contribution in [-0.2, 0) is 0 Å². The number of hydrogen-bond donors (Lipinski definition) is 2. The van der Waals surface area contributed by atoms with Gasteiger partial charge < -0.3 is 19.4 Å². The molecule has 1 heterocycles. The number of aromatic hydroxyl groups is 2. The van der Waals surface area contributed by atoms with Crippen LogP contribution in [0.5, 0.6) is 17.2 Å². The highest BCUT2D eigenvalue weighted by Gasteiger charge is 2.18. The number of ether oxygens (including phenoxy) is 1. The Balaban J connectivity index is 0.000000924. The molecule has 0 aliphatic carbocycles. The van der Waals surface area contributed by atoms with E-state index in [0.29, 0.717) is 5.76 Å². The van der Waals surface area contributed by atoms with Crippen LogP contribution in [0.15, 0.2) is 51.7 Å². The lowest BCUT2D eigenvalue weighted by Crippen LogP contribution is -2.01. The van der Waals surface area contributed by atoms with Crippen LogP contribution in [0.25, 0.3) is 22.3 Å². The molecule has 2 N–H and O–H groups in total. The Morgan fingerprint density at radius 1 is 1.04 bits per heavy atom. The molecular weight excluding hydrogens is 296 g/mol. The highest BCUT2D eigenvalue weighted by Crippen LogP contribution is 2.41. The third kappa shape index (κ3) is 2.99. The Morgan fingerprint density at radius 2 is 1.70 bits per heavy atom. The van der Waals surface area contributed by atoms with Crippen molar-refractivity contribution in [2.45, 2.75) is 13.8 Å². The molecule has 3 rings (SSSR count). The summed E-state index contributed by atoms with van der Waals surface area (Å²) in [5, 5.41) is 19.8. The molecule has 0 aliphatic heterocycles. The lowest BCUT2D eigenvalue weighted by molar-refractivity contribution is 0.346. The summed E-state index contributed by atoms with van der Waals surface area (Å²) in [5.41, 5.74) is 0.411. The molecule has 0 saturated carbocycles. The zero-order valence-electron chi connectivity index (χ0n) is 13.2. The summed E-state index contributed by atoms with van der Waals surface area (Å²) in [5.74, 6) is -0.518. The van der Waals surface area contributed by atoms with Gasteiger partial charge in [0.25, 0.3) is 0 Å². The molecule has 0 spiro atoms. The van der Waals surface area contributed by atoms with Gasteiger partial charge in [0.15, 0.2) is 16.9 Å². The van der Waals surface area contributed by atoms with E-state index in [9.17, 15) is 15.0 Å². The maximum atomic E-state index is 12.2. The highest BCUT2D eigenvalue weighted by atomic mass is 16.5. The zero-order chi connectivity index (χ0) is 17.0. The molecule has 0 fully saturated rings. The molecule has 23 heavy (non-hydrogen) atoms. The van der Waals surface area contributed by atoms with E-state index in [-0.39, 0.29) is 22.5 Å². The molecule has 3 aromatic rings. The summed E-state index contributed by atoms with van der Waals surface area (Å²) < 4.78 is 10.5. The number of rotatable bonds is 2. The molecule has 0 atom stereocenters. The summed E-state index contributed by atoms with van der Waals surface area (Å²) in [6.45, 7) is 4.00. The molecule has 0 unspecified atom stereocenters. The van der Waals surface area contributed by atoms with E-state index in [1.807, 2.05) is 32.0 Å². The minimum atomic E-state index is -0.430. The lowest BCUT2D eigenvalue weighted by Gasteiger charge is -2.09. The average Bonchev–Trinajstić information content (AvgIpc) is 2.57. The number of phenols is 2. The van der Waals surface area contributed by atoms with Crippen molar-refractivity contribution >= 4 is 11.0 Å². The summed E-state index contributed by atoms with van der Waals surface area (Å²) in [6.07, 6.45) is 0. The first kappa shape index (κ1) is 16.4. The SMILES string of the molecule is CC.COc1c(O)cc2oc(-c3ccccc3)cc(=O)c2c1O. The quantitative estimate of drug-likeness (QED) is 0.749. The Hall–Kier alpha value is -2.95. The first-order valence-electron chi connectivity index (χ1n) is 7.24. The van der Waals surface area contributed by atoms with Crippen LogP contribution in [0.4, 0.5) is 0 Å². The van der Waals surface area contributed by atoms with Crippen LogP contribution in [0, 0.1) is 0 Å². The summed E-state index contributed by atoms with van der Waals surface area (Å²) in [7, 11) is 1.29. The second-order valence-corrected chi connectivity index (χ2v) is 4.49.